The molecule has 0 atom stereocenters. The number of nitrogens with zero attached hydrogens (tertiary/aromatic N) is 1. The highest BCUT2D eigenvalue weighted by Gasteiger charge is 2.12. The molecule has 0 radical (unpaired) electrons. The third-order valence-electron chi connectivity index (χ3n) is 5.35. The van der Waals surface area contributed by atoms with Crippen LogP contribution in [0, 0.1) is 6.92 Å². The molecule has 31 heavy (non-hydrogen) atoms. The first-order valence-electron chi connectivity index (χ1n) is 10.2. The molecule has 0 saturated heterocycles. The summed E-state index contributed by atoms with van der Waals surface area (Å²) in [6, 6.07) is 13.9. The molecule has 6 heteroatoms. The van der Waals surface area contributed by atoms with Gasteiger partial charge in [0.2, 0.25) is 0 Å². The fraction of sp³-hybridized carbons (Fsp3) is 0.200. The average molecular weight is 450 g/mol. The Bertz CT molecular complexity index is 1320. The van der Waals surface area contributed by atoms with Crippen molar-refractivity contribution in [1.82, 2.24) is 0 Å². The SMILES string of the molecule is CCN(CC)c1ccc2c(C)c(/C=C/c3ccc(-c4ccc(C=O)s4)s3)c(=O)oc2c1. The molecule has 0 aliphatic heterocycles. The van der Waals surface area contributed by atoms with Gasteiger partial charge in [-0.2, -0.15) is 0 Å². The number of thiophene rings is 2. The Hall–Kier alpha value is -2.96. The summed E-state index contributed by atoms with van der Waals surface area (Å²) in [5, 5.41) is 0.946. The summed E-state index contributed by atoms with van der Waals surface area (Å²) >= 11 is 3.10. The molecule has 0 saturated carbocycles. The maximum Gasteiger partial charge on any atom is 0.343 e. The van der Waals surface area contributed by atoms with E-state index in [1.165, 1.54) is 11.3 Å². The zero-order valence-electron chi connectivity index (χ0n) is 17.7. The Morgan fingerprint density at radius 1 is 0.935 bits per heavy atom. The van der Waals surface area contributed by atoms with Crippen molar-refractivity contribution < 1.29 is 9.21 Å². The molecule has 0 aliphatic rings. The summed E-state index contributed by atoms with van der Waals surface area (Å²) in [7, 11) is 0. The number of aldehydes is 1. The maximum absolute atomic E-state index is 12.7. The quantitative estimate of drug-likeness (QED) is 0.232. The van der Waals surface area contributed by atoms with Crippen LogP contribution in [0.1, 0.15) is 39.5 Å². The zero-order chi connectivity index (χ0) is 22.0. The molecule has 4 nitrogen and oxygen atoms in total. The van der Waals surface area contributed by atoms with Crippen LogP contribution >= 0.6 is 22.7 Å². The second-order valence-electron chi connectivity index (χ2n) is 7.14. The molecule has 4 aromatic rings. The number of carbonyl (C=O) groups excluding carboxylic acids is 1. The maximum atomic E-state index is 12.7. The van der Waals surface area contributed by atoms with Crippen molar-refractivity contribution in [1.29, 1.82) is 0 Å². The van der Waals surface area contributed by atoms with Gasteiger partial charge in [-0.05, 0) is 74.9 Å². The standard InChI is InChI=1S/C25H23NO3S2/c1-4-26(5-2)17-6-10-20-16(3)21(25(28)29-22(20)14-17)11-7-18-8-12-23(30-18)24-13-9-19(15-27)31-24/h6-15H,4-5H2,1-3H3/b11-7+. The Labute approximate surface area is 189 Å². The van der Waals surface area contributed by atoms with Crippen LogP contribution in [0.5, 0.6) is 0 Å². The zero-order valence-corrected chi connectivity index (χ0v) is 19.3. The second kappa shape index (κ2) is 9.04. The highest BCUT2D eigenvalue weighted by Crippen LogP contribution is 2.34. The van der Waals surface area contributed by atoms with Crippen LogP contribution in [0.25, 0.3) is 32.9 Å². The van der Waals surface area contributed by atoms with E-state index in [1.54, 1.807) is 11.3 Å². The molecule has 1 aromatic carbocycles. The lowest BCUT2D eigenvalue weighted by Crippen LogP contribution is -2.21. The van der Waals surface area contributed by atoms with Crippen LogP contribution in [0.2, 0.25) is 0 Å². The van der Waals surface area contributed by atoms with E-state index < -0.39 is 0 Å². The van der Waals surface area contributed by atoms with Gasteiger partial charge in [0, 0.05) is 44.9 Å². The van der Waals surface area contributed by atoms with E-state index in [1.807, 2.05) is 55.5 Å². The molecule has 0 amide bonds. The monoisotopic (exact) mass is 449 g/mol. The molecular formula is C25H23NO3S2. The molecule has 0 unspecified atom stereocenters. The third-order valence-corrected chi connectivity index (χ3v) is 7.61. The first-order valence-corrected chi connectivity index (χ1v) is 11.8. The Morgan fingerprint density at radius 2 is 1.61 bits per heavy atom. The first-order chi connectivity index (χ1) is 15.0. The smallest absolute Gasteiger partial charge is 0.343 e. The molecule has 0 fully saturated rings. The van der Waals surface area contributed by atoms with Crippen molar-refractivity contribution in [3.63, 3.8) is 0 Å². The van der Waals surface area contributed by atoms with Gasteiger partial charge in [0.25, 0.3) is 0 Å². The molecule has 3 aromatic heterocycles. The highest BCUT2D eigenvalue weighted by molar-refractivity contribution is 7.23. The Morgan fingerprint density at radius 3 is 2.26 bits per heavy atom. The lowest BCUT2D eigenvalue weighted by Gasteiger charge is -2.21. The van der Waals surface area contributed by atoms with E-state index in [-0.39, 0.29) is 5.63 Å². The lowest BCUT2D eigenvalue weighted by atomic mass is 10.0. The van der Waals surface area contributed by atoms with Gasteiger partial charge in [0.05, 0.1) is 10.4 Å². The summed E-state index contributed by atoms with van der Waals surface area (Å²) in [6.45, 7) is 7.98. The molecule has 158 valence electrons. The molecule has 4 rings (SSSR count). The number of benzene rings is 1. The van der Waals surface area contributed by atoms with Gasteiger partial charge in [-0.1, -0.05) is 0 Å². The number of fused-ring (bicyclic) bond motifs is 1. The minimum atomic E-state index is -0.330. The minimum absolute atomic E-state index is 0.330. The number of hydrogen-bond acceptors (Lipinski definition) is 6. The predicted molar refractivity (Wildman–Crippen MR) is 133 cm³/mol. The van der Waals surface area contributed by atoms with E-state index in [2.05, 4.69) is 24.8 Å². The summed E-state index contributed by atoms with van der Waals surface area (Å²) in [5.74, 6) is 0. The number of rotatable bonds is 7. The largest absolute Gasteiger partial charge is 0.422 e. The van der Waals surface area contributed by atoms with Crippen LogP contribution in [0.3, 0.4) is 0 Å². The summed E-state index contributed by atoms with van der Waals surface area (Å²) in [5.41, 5.74) is 2.83. The fourth-order valence-corrected chi connectivity index (χ4v) is 5.45. The van der Waals surface area contributed by atoms with Gasteiger partial charge in [-0.15, -0.1) is 22.7 Å². The van der Waals surface area contributed by atoms with Crippen molar-refractivity contribution in [3.05, 3.63) is 73.8 Å². The number of hydrogen-bond donors (Lipinski definition) is 0. The van der Waals surface area contributed by atoms with Crippen molar-refractivity contribution in [2.24, 2.45) is 0 Å². The van der Waals surface area contributed by atoms with E-state index >= 15 is 0 Å². The van der Waals surface area contributed by atoms with Gasteiger partial charge < -0.3 is 9.32 Å². The fourth-order valence-electron chi connectivity index (χ4n) is 3.63. The van der Waals surface area contributed by atoms with E-state index in [9.17, 15) is 9.59 Å². The normalized spacial score (nSPS) is 11.5. The topological polar surface area (TPSA) is 50.5 Å². The van der Waals surface area contributed by atoms with Crippen LogP contribution in [-0.4, -0.2) is 19.4 Å². The van der Waals surface area contributed by atoms with Crippen LogP contribution < -0.4 is 10.5 Å². The third kappa shape index (κ3) is 4.27. The summed E-state index contributed by atoms with van der Waals surface area (Å²) in [4.78, 5) is 29.8. The van der Waals surface area contributed by atoms with E-state index in [4.69, 9.17) is 4.42 Å². The minimum Gasteiger partial charge on any atom is -0.422 e. The summed E-state index contributed by atoms with van der Waals surface area (Å²) < 4.78 is 5.67. The van der Waals surface area contributed by atoms with Gasteiger partial charge in [0.15, 0.2) is 6.29 Å². The van der Waals surface area contributed by atoms with E-state index in [0.717, 1.165) is 50.6 Å². The molecule has 0 spiro atoms. The predicted octanol–water partition coefficient (Wildman–Crippen LogP) is 6.72. The van der Waals surface area contributed by atoms with Crippen molar-refractivity contribution in [2.75, 3.05) is 18.0 Å². The van der Waals surface area contributed by atoms with Crippen molar-refractivity contribution >= 4 is 57.8 Å². The van der Waals surface area contributed by atoms with Gasteiger partial charge in [0.1, 0.15) is 5.58 Å². The molecule has 0 bridgehead atoms. The average Bonchev–Trinajstić information content (AvgIpc) is 3.43. The first kappa shape index (κ1) is 21.3. The van der Waals surface area contributed by atoms with Gasteiger partial charge in [-0.3, -0.25) is 4.79 Å². The van der Waals surface area contributed by atoms with Gasteiger partial charge >= 0.3 is 5.63 Å². The molecule has 3 heterocycles. The van der Waals surface area contributed by atoms with Crippen molar-refractivity contribution in [3.8, 4) is 9.75 Å². The number of aryl methyl sites for hydroxylation is 1. The lowest BCUT2D eigenvalue weighted by molar-refractivity contribution is 0.112. The van der Waals surface area contributed by atoms with Crippen LogP contribution in [-0.2, 0) is 0 Å². The molecular weight excluding hydrogens is 426 g/mol. The van der Waals surface area contributed by atoms with Crippen molar-refractivity contribution in [2.45, 2.75) is 20.8 Å². The van der Waals surface area contributed by atoms with Gasteiger partial charge in [-0.25, -0.2) is 4.79 Å². The van der Waals surface area contributed by atoms with Crippen LogP contribution in [0.15, 0.2) is 51.7 Å². The number of carbonyl (C=O) groups is 1. The Kier molecular flexibility index (Phi) is 6.20. The Balaban J connectivity index is 1.65. The summed E-state index contributed by atoms with van der Waals surface area (Å²) in [6.07, 6.45) is 4.65. The highest BCUT2D eigenvalue weighted by atomic mass is 32.1. The molecule has 0 aliphatic carbocycles. The van der Waals surface area contributed by atoms with E-state index in [0.29, 0.717) is 16.0 Å². The number of anilines is 1. The molecule has 0 N–H and O–H groups in total. The second-order valence-corrected chi connectivity index (χ2v) is 9.37. The van der Waals surface area contributed by atoms with Crippen LogP contribution in [0.4, 0.5) is 5.69 Å².